The molecule has 2 aromatic carbocycles. The van der Waals surface area contributed by atoms with Crippen molar-refractivity contribution >= 4 is 33.4 Å². The maximum Gasteiger partial charge on any atom is 0.120 e. The summed E-state index contributed by atoms with van der Waals surface area (Å²) in [5, 5.41) is 9.68. The average molecular weight is 313 g/mol. The van der Waals surface area contributed by atoms with Crippen LogP contribution in [0.1, 0.15) is 5.56 Å². The van der Waals surface area contributed by atoms with Crippen LogP contribution in [0, 0.1) is 0 Å². The van der Waals surface area contributed by atoms with Crippen LogP contribution in [0.15, 0.2) is 53.0 Å². The zero-order valence-electron chi connectivity index (χ0n) is 8.98. The minimum absolute atomic E-state index is 0.255. The quantitative estimate of drug-likeness (QED) is 0.853. The molecule has 0 amide bonds. The molecule has 0 unspecified atom stereocenters. The van der Waals surface area contributed by atoms with Crippen molar-refractivity contribution in [3.63, 3.8) is 0 Å². The summed E-state index contributed by atoms with van der Waals surface area (Å²) in [6.07, 6.45) is 0. The minimum atomic E-state index is 0.255. The SMILES string of the molecule is Oc1ccccc1CN(Cl)c1ccccc1Br. The number of phenolic OH excluding ortho intramolecular Hbond substituents is 1. The Bertz CT molecular complexity index is 518. The molecule has 0 aliphatic heterocycles. The Morgan fingerprint density at radius 1 is 1.06 bits per heavy atom. The number of hydrogen-bond donors (Lipinski definition) is 1. The number of aromatic hydroxyl groups is 1. The van der Waals surface area contributed by atoms with Crippen molar-refractivity contribution in [2.24, 2.45) is 0 Å². The highest BCUT2D eigenvalue weighted by molar-refractivity contribution is 9.10. The molecule has 2 nitrogen and oxygen atoms in total. The topological polar surface area (TPSA) is 23.5 Å². The van der Waals surface area contributed by atoms with Crippen molar-refractivity contribution < 1.29 is 5.11 Å². The van der Waals surface area contributed by atoms with Crippen molar-refractivity contribution in [2.75, 3.05) is 4.42 Å². The van der Waals surface area contributed by atoms with E-state index in [1.807, 2.05) is 36.4 Å². The predicted octanol–water partition coefficient (Wildman–Crippen LogP) is 4.32. The van der Waals surface area contributed by atoms with Gasteiger partial charge in [0.2, 0.25) is 0 Å². The van der Waals surface area contributed by atoms with Gasteiger partial charge < -0.3 is 5.11 Å². The van der Waals surface area contributed by atoms with E-state index in [1.165, 1.54) is 0 Å². The fourth-order valence-electron chi connectivity index (χ4n) is 1.53. The van der Waals surface area contributed by atoms with Gasteiger partial charge in [0, 0.05) is 21.8 Å². The van der Waals surface area contributed by atoms with Gasteiger partial charge in [-0.25, -0.2) is 0 Å². The summed E-state index contributed by atoms with van der Waals surface area (Å²) in [5.41, 5.74) is 1.66. The summed E-state index contributed by atoms with van der Waals surface area (Å²) in [4.78, 5) is 0. The van der Waals surface area contributed by atoms with Crippen LogP contribution >= 0.6 is 27.7 Å². The standard InChI is InChI=1S/C13H11BrClNO/c14-11-6-2-3-7-12(11)16(15)9-10-5-1-4-8-13(10)17/h1-8,17H,9H2. The van der Waals surface area contributed by atoms with Crippen LogP contribution < -0.4 is 4.42 Å². The minimum Gasteiger partial charge on any atom is -0.508 e. The lowest BCUT2D eigenvalue weighted by Crippen LogP contribution is -2.10. The number of rotatable bonds is 3. The van der Waals surface area contributed by atoms with Crippen LogP contribution in [-0.2, 0) is 6.54 Å². The summed E-state index contributed by atoms with van der Waals surface area (Å²) in [6, 6.07) is 14.8. The number of para-hydroxylation sites is 2. The number of benzene rings is 2. The Balaban J connectivity index is 2.20. The van der Waals surface area contributed by atoms with Gasteiger partial charge in [0.25, 0.3) is 0 Å². The molecule has 0 aliphatic rings. The second-order valence-corrected chi connectivity index (χ2v) is 4.86. The van der Waals surface area contributed by atoms with Crippen LogP contribution in [0.2, 0.25) is 0 Å². The lowest BCUT2D eigenvalue weighted by atomic mass is 10.2. The van der Waals surface area contributed by atoms with Crippen molar-refractivity contribution in [3.8, 4) is 5.75 Å². The second kappa shape index (κ2) is 5.43. The van der Waals surface area contributed by atoms with E-state index in [9.17, 15) is 5.11 Å². The van der Waals surface area contributed by atoms with E-state index in [4.69, 9.17) is 11.8 Å². The summed E-state index contributed by atoms with van der Waals surface area (Å²) < 4.78 is 2.49. The summed E-state index contributed by atoms with van der Waals surface area (Å²) >= 11 is 9.65. The highest BCUT2D eigenvalue weighted by atomic mass is 79.9. The normalized spacial score (nSPS) is 10.2. The molecule has 0 radical (unpaired) electrons. The fraction of sp³-hybridized carbons (Fsp3) is 0.0769. The Labute approximate surface area is 114 Å². The van der Waals surface area contributed by atoms with Gasteiger partial charge in [-0.2, -0.15) is 0 Å². The van der Waals surface area contributed by atoms with Crippen LogP contribution in [0.3, 0.4) is 0 Å². The number of anilines is 1. The first-order chi connectivity index (χ1) is 8.18. The van der Waals surface area contributed by atoms with Gasteiger partial charge in [-0.3, -0.25) is 4.42 Å². The molecule has 0 saturated heterocycles. The van der Waals surface area contributed by atoms with Gasteiger partial charge in [0.15, 0.2) is 0 Å². The van der Waals surface area contributed by atoms with Gasteiger partial charge >= 0.3 is 0 Å². The summed E-state index contributed by atoms with van der Waals surface area (Å²) in [7, 11) is 0. The number of hydrogen-bond acceptors (Lipinski definition) is 2. The van der Waals surface area contributed by atoms with Crippen LogP contribution in [0.4, 0.5) is 5.69 Å². The van der Waals surface area contributed by atoms with E-state index >= 15 is 0 Å². The Kier molecular flexibility index (Phi) is 3.92. The zero-order valence-corrected chi connectivity index (χ0v) is 11.3. The first-order valence-corrected chi connectivity index (χ1v) is 6.26. The van der Waals surface area contributed by atoms with E-state index in [2.05, 4.69) is 15.9 Å². The second-order valence-electron chi connectivity index (χ2n) is 3.60. The largest absolute Gasteiger partial charge is 0.508 e. The van der Waals surface area contributed by atoms with E-state index in [-0.39, 0.29) is 5.75 Å². The molecule has 17 heavy (non-hydrogen) atoms. The third-order valence-electron chi connectivity index (χ3n) is 2.41. The van der Waals surface area contributed by atoms with Gasteiger partial charge in [-0.15, -0.1) is 0 Å². The highest BCUT2D eigenvalue weighted by Crippen LogP contribution is 2.29. The summed E-state index contributed by atoms with van der Waals surface area (Å²) in [5.74, 6) is 0.255. The molecule has 0 aromatic heterocycles. The van der Waals surface area contributed by atoms with Crippen molar-refractivity contribution in [1.82, 2.24) is 0 Å². The number of nitrogens with zero attached hydrogens (tertiary/aromatic N) is 1. The highest BCUT2D eigenvalue weighted by Gasteiger charge is 2.09. The zero-order chi connectivity index (χ0) is 12.3. The molecule has 0 spiro atoms. The first kappa shape index (κ1) is 12.3. The smallest absolute Gasteiger partial charge is 0.120 e. The Hall–Kier alpha value is -1.19. The van der Waals surface area contributed by atoms with E-state index in [1.54, 1.807) is 16.6 Å². The van der Waals surface area contributed by atoms with Crippen molar-refractivity contribution in [3.05, 3.63) is 58.6 Å². The number of phenols is 1. The molecule has 1 N–H and O–H groups in total. The van der Waals surface area contributed by atoms with Crippen molar-refractivity contribution in [1.29, 1.82) is 0 Å². The molecule has 0 atom stereocenters. The molecule has 0 heterocycles. The van der Waals surface area contributed by atoms with Gasteiger partial charge in [0.05, 0.1) is 12.2 Å². The molecule has 2 aromatic rings. The predicted molar refractivity (Wildman–Crippen MR) is 74.3 cm³/mol. The van der Waals surface area contributed by atoms with Gasteiger partial charge in [0.1, 0.15) is 5.75 Å². The molecule has 0 saturated carbocycles. The molecular weight excluding hydrogens is 302 g/mol. The lowest BCUT2D eigenvalue weighted by molar-refractivity contribution is 0.468. The Morgan fingerprint density at radius 2 is 1.71 bits per heavy atom. The first-order valence-electron chi connectivity index (χ1n) is 5.13. The summed E-state index contributed by atoms with van der Waals surface area (Å²) in [6.45, 7) is 0.441. The third kappa shape index (κ3) is 2.93. The van der Waals surface area contributed by atoms with E-state index < -0.39 is 0 Å². The van der Waals surface area contributed by atoms with Gasteiger partial charge in [-0.05, 0) is 34.1 Å². The van der Waals surface area contributed by atoms with Crippen LogP contribution in [0.5, 0.6) is 5.75 Å². The third-order valence-corrected chi connectivity index (χ3v) is 3.39. The molecular formula is C13H11BrClNO. The molecule has 0 bridgehead atoms. The van der Waals surface area contributed by atoms with Crippen LogP contribution in [0.25, 0.3) is 0 Å². The monoisotopic (exact) mass is 311 g/mol. The maximum absolute atomic E-state index is 9.68. The van der Waals surface area contributed by atoms with E-state index in [0.29, 0.717) is 6.54 Å². The maximum atomic E-state index is 9.68. The van der Waals surface area contributed by atoms with Gasteiger partial charge in [-0.1, -0.05) is 30.3 Å². The fourth-order valence-corrected chi connectivity index (χ4v) is 2.40. The molecule has 2 rings (SSSR count). The molecule has 0 aliphatic carbocycles. The van der Waals surface area contributed by atoms with Crippen molar-refractivity contribution in [2.45, 2.75) is 6.54 Å². The number of halogens is 2. The molecule has 0 fully saturated rings. The van der Waals surface area contributed by atoms with Crippen LogP contribution in [-0.4, -0.2) is 5.11 Å². The molecule has 88 valence electrons. The average Bonchev–Trinajstić information content (AvgIpc) is 2.32. The van der Waals surface area contributed by atoms with E-state index in [0.717, 1.165) is 15.7 Å². The Morgan fingerprint density at radius 3 is 2.41 bits per heavy atom. The lowest BCUT2D eigenvalue weighted by Gasteiger charge is -2.17. The molecule has 4 heteroatoms.